The molecule has 5 aliphatic carbocycles. The number of rotatable bonds is 5. The quantitative estimate of drug-likeness (QED) is 0.179. The van der Waals surface area contributed by atoms with Crippen LogP contribution < -0.4 is 0 Å². The van der Waals surface area contributed by atoms with E-state index in [-0.39, 0.29) is 33.0 Å². The molecule has 4 fully saturated rings. The molecule has 0 aliphatic heterocycles. The summed E-state index contributed by atoms with van der Waals surface area (Å²) in [6.45, 7) is 25.1. The highest BCUT2D eigenvalue weighted by Gasteiger charge is 2.70. The molecular formula is C43H59FO4. The fourth-order valence-electron chi connectivity index (χ4n) is 13.0. The molecule has 4 saturated carbocycles. The fourth-order valence-corrected chi connectivity index (χ4v) is 13.0. The Bertz CT molecular complexity index is 1530. The number of hydrogen-bond acceptors (Lipinski definition) is 4. The van der Waals surface area contributed by atoms with Crippen LogP contribution in [-0.2, 0) is 14.5 Å². The number of fused-ring (bicyclic) bond motifs is 7. The van der Waals surface area contributed by atoms with Crippen molar-refractivity contribution in [2.45, 2.75) is 126 Å². The lowest BCUT2D eigenvalue weighted by Crippen LogP contribution is -2.65. The van der Waals surface area contributed by atoms with Crippen LogP contribution in [0.15, 0.2) is 54.6 Å². The van der Waals surface area contributed by atoms with Crippen LogP contribution >= 0.6 is 0 Å². The van der Waals surface area contributed by atoms with Gasteiger partial charge in [-0.15, -0.1) is 0 Å². The molecule has 0 amide bonds. The van der Waals surface area contributed by atoms with Crippen LogP contribution in [0.4, 0.5) is 4.53 Å². The van der Waals surface area contributed by atoms with Gasteiger partial charge in [0.25, 0.3) is 0 Å². The van der Waals surface area contributed by atoms with E-state index in [4.69, 9.17) is 4.74 Å². The van der Waals surface area contributed by atoms with Crippen molar-refractivity contribution in [3.63, 3.8) is 0 Å². The van der Waals surface area contributed by atoms with E-state index >= 15 is 0 Å². The molecule has 0 heterocycles. The Morgan fingerprint density at radius 3 is 2.21 bits per heavy atom. The second-order valence-corrected chi connectivity index (χ2v) is 18.8. The minimum Gasteiger partial charge on any atom is -0.456 e. The van der Waals surface area contributed by atoms with E-state index in [1.807, 2.05) is 39.0 Å². The first kappa shape index (κ1) is 35.1. The number of carbonyl (C=O) groups is 2. The molecule has 4 unspecified atom stereocenters. The molecule has 0 saturated heterocycles. The van der Waals surface area contributed by atoms with Crippen LogP contribution in [0.25, 0.3) is 5.57 Å². The molecule has 5 heteroatoms. The molecule has 1 aromatic carbocycles. The molecule has 9 atom stereocenters. The summed E-state index contributed by atoms with van der Waals surface area (Å²) in [5.41, 5.74) is 4.39. The normalized spacial score (nSPS) is 40.1. The highest BCUT2D eigenvalue weighted by molar-refractivity contribution is 5.90. The molecule has 1 aromatic rings. The van der Waals surface area contributed by atoms with Crippen molar-refractivity contribution in [1.29, 1.82) is 0 Å². The third-order valence-electron chi connectivity index (χ3n) is 15.2. The van der Waals surface area contributed by atoms with Crippen LogP contribution in [0.2, 0.25) is 0 Å². The Kier molecular flexibility index (Phi) is 8.56. The van der Waals surface area contributed by atoms with Crippen molar-refractivity contribution in [3.8, 4) is 0 Å². The predicted molar refractivity (Wildman–Crippen MR) is 190 cm³/mol. The molecule has 0 bridgehead atoms. The Morgan fingerprint density at radius 2 is 1.58 bits per heavy atom. The molecule has 0 spiro atoms. The monoisotopic (exact) mass is 658 g/mol. The van der Waals surface area contributed by atoms with Crippen molar-refractivity contribution in [1.82, 2.24) is 0 Å². The summed E-state index contributed by atoms with van der Waals surface area (Å²) in [7, 11) is 0. The van der Waals surface area contributed by atoms with Crippen LogP contribution in [0, 0.1) is 56.7 Å². The zero-order chi connectivity index (χ0) is 35.1. The molecule has 0 aromatic heterocycles. The van der Waals surface area contributed by atoms with Crippen molar-refractivity contribution in [2.24, 2.45) is 56.7 Å². The van der Waals surface area contributed by atoms with Gasteiger partial charge in [0.05, 0.1) is 5.56 Å². The number of halogens is 1. The zero-order valence-electron chi connectivity index (χ0n) is 31.0. The first-order valence-corrected chi connectivity index (χ1v) is 18.5. The van der Waals surface area contributed by atoms with Gasteiger partial charge in [0.1, 0.15) is 5.60 Å². The number of hydrogen-bond donors (Lipinski definition) is 0. The van der Waals surface area contributed by atoms with E-state index in [1.165, 1.54) is 48.5 Å². The van der Waals surface area contributed by atoms with Gasteiger partial charge in [-0.05, 0) is 165 Å². The molecule has 6 rings (SSSR count). The second-order valence-electron chi connectivity index (χ2n) is 18.8. The van der Waals surface area contributed by atoms with E-state index in [2.05, 4.69) is 71.3 Å². The number of esters is 1. The van der Waals surface area contributed by atoms with E-state index in [9.17, 15) is 14.1 Å². The Balaban J connectivity index is 1.31. The molecule has 0 radical (unpaired) electrons. The standard InChI is InChI=1S/C43H59FO4/c1-27(2)30-17-23-43(24-20-35(45)48-44)26-25-41(9)32(36(30)43)15-16-34-40(8)21-18-31(39(6,7)33(40)19-22-42(34,41)10)28-11-13-29(14-12-28)37(46)47-38(3,4)5/h11-14,18,20,24,30,32-34,36H,1,15-17,19,21-23,25-26H2,2-10H3/b24-20+/t30?,32-,33?,34?,36?,40+,41-,42-,43+/m1/s1. The van der Waals surface area contributed by atoms with Crippen LogP contribution in [0.5, 0.6) is 0 Å². The SMILES string of the molecule is C=C(C)C1CC[C@]2(/C=C/C(=O)OF)CC[C@]3(C)[C@H](CCC4[C@@]5(C)CC=C(c6ccc(C(=O)OC(C)(C)C)cc6)C(C)(C)C5CC[C@]43C)C12. The largest absolute Gasteiger partial charge is 0.456 e. The number of carbonyl (C=O) groups excluding carboxylic acids is 2. The minimum absolute atomic E-state index is 0.00639. The smallest absolute Gasteiger partial charge is 0.372 e. The number of allylic oxidation sites excluding steroid dienone is 4. The lowest BCUT2D eigenvalue weighted by molar-refractivity contribution is -0.221. The Hall–Kier alpha value is -2.69. The Labute approximate surface area is 288 Å². The molecule has 4 nitrogen and oxygen atoms in total. The van der Waals surface area contributed by atoms with Crippen LogP contribution in [0.1, 0.15) is 136 Å². The molecular weight excluding hydrogens is 599 g/mol. The summed E-state index contributed by atoms with van der Waals surface area (Å²) in [6.07, 6.45) is 16.1. The van der Waals surface area contributed by atoms with Crippen LogP contribution in [0.3, 0.4) is 0 Å². The summed E-state index contributed by atoms with van der Waals surface area (Å²) in [6, 6.07) is 8.08. The van der Waals surface area contributed by atoms with Gasteiger partial charge < -0.3 is 4.74 Å². The second kappa shape index (κ2) is 11.7. The van der Waals surface area contributed by atoms with Gasteiger partial charge in [0.2, 0.25) is 0 Å². The molecule has 5 aliphatic rings. The van der Waals surface area contributed by atoms with Crippen molar-refractivity contribution >= 4 is 17.5 Å². The fraction of sp³-hybridized carbons (Fsp3) is 0.674. The summed E-state index contributed by atoms with van der Waals surface area (Å²) in [4.78, 5) is 28.2. The lowest BCUT2D eigenvalue weighted by atomic mass is 9.32. The first-order valence-electron chi connectivity index (χ1n) is 18.5. The van der Waals surface area contributed by atoms with Crippen LogP contribution in [-0.4, -0.2) is 17.5 Å². The van der Waals surface area contributed by atoms with E-state index in [0.717, 1.165) is 32.1 Å². The van der Waals surface area contributed by atoms with Crippen molar-refractivity contribution < 1.29 is 23.8 Å². The molecule has 48 heavy (non-hydrogen) atoms. The van der Waals surface area contributed by atoms with Crippen molar-refractivity contribution in [2.75, 3.05) is 0 Å². The third kappa shape index (κ3) is 5.27. The van der Waals surface area contributed by atoms with Gasteiger partial charge in [-0.1, -0.05) is 71.1 Å². The molecule has 262 valence electrons. The minimum atomic E-state index is -0.900. The summed E-state index contributed by atoms with van der Waals surface area (Å²) >= 11 is 0. The van der Waals surface area contributed by atoms with E-state index in [0.29, 0.717) is 35.2 Å². The maximum absolute atomic E-state index is 12.8. The average Bonchev–Trinajstić information content (AvgIpc) is 3.39. The molecule has 0 N–H and O–H groups in total. The van der Waals surface area contributed by atoms with E-state index < -0.39 is 11.6 Å². The van der Waals surface area contributed by atoms with E-state index in [1.54, 1.807) is 0 Å². The Morgan fingerprint density at radius 1 is 0.896 bits per heavy atom. The lowest BCUT2D eigenvalue weighted by Gasteiger charge is -2.72. The topological polar surface area (TPSA) is 52.6 Å². The van der Waals surface area contributed by atoms with Gasteiger partial charge in [-0.2, -0.15) is 0 Å². The average molecular weight is 659 g/mol. The summed E-state index contributed by atoms with van der Waals surface area (Å²) in [5, 5.41) is 0. The van der Waals surface area contributed by atoms with Gasteiger partial charge in [-0.25, -0.2) is 9.59 Å². The van der Waals surface area contributed by atoms with Gasteiger partial charge in [0.15, 0.2) is 0 Å². The van der Waals surface area contributed by atoms with Gasteiger partial charge >= 0.3 is 11.9 Å². The third-order valence-corrected chi connectivity index (χ3v) is 15.2. The number of benzene rings is 1. The highest BCUT2D eigenvalue weighted by atomic mass is 19.3. The predicted octanol–water partition coefficient (Wildman–Crippen LogP) is 11.3. The summed E-state index contributed by atoms with van der Waals surface area (Å²) in [5.74, 6) is 1.37. The summed E-state index contributed by atoms with van der Waals surface area (Å²) < 4.78 is 18.4. The van der Waals surface area contributed by atoms with Crippen molar-refractivity contribution in [3.05, 3.63) is 65.8 Å². The van der Waals surface area contributed by atoms with Gasteiger partial charge in [-0.3, -0.25) is 4.94 Å². The van der Waals surface area contributed by atoms with Gasteiger partial charge in [0, 0.05) is 10.6 Å². The first-order chi connectivity index (χ1) is 22.3. The maximum atomic E-state index is 12.8. The zero-order valence-corrected chi connectivity index (χ0v) is 31.0. The highest BCUT2D eigenvalue weighted by Crippen LogP contribution is 2.78. The number of ether oxygens (including phenoxy) is 1. The maximum Gasteiger partial charge on any atom is 0.372 e.